The molecule has 0 saturated carbocycles. The van der Waals surface area contributed by atoms with Crippen molar-refractivity contribution < 1.29 is 9.90 Å². The van der Waals surface area contributed by atoms with Gasteiger partial charge in [-0.2, -0.15) is 0 Å². The fraction of sp³-hybridized carbons (Fsp3) is 0.833. The normalized spacial score (nSPS) is 13.1. The summed E-state index contributed by atoms with van der Waals surface area (Å²) in [6.07, 6.45) is 0.716. The Hall–Kier alpha value is -0.180. The summed E-state index contributed by atoms with van der Waals surface area (Å²) in [5.41, 5.74) is 0. The maximum absolute atomic E-state index is 10.3. The lowest BCUT2D eigenvalue weighted by Crippen LogP contribution is -2.14. The van der Waals surface area contributed by atoms with Crippen molar-refractivity contribution in [3.05, 3.63) is 0 Å². The van der Waals surface area contributed by atoms with Crippen molar-refractivity contribution in [2.24, 2.45) is 0 Å². The van der Waals surface area contributed by atoms with Crippen LogP contribution in [0, 0.1) is 0 Å². The second-order valence-corrected chi connectivity index (χ2v) is 3.17. The van der Waals surface area contributed by atoms with E-state index in [0.717, 1.165) is 5.75 Å². The number of aliphatic carboxylic acids is 1. The van der Waals surface area contributed by atoms with Gasteiger partial charge in [0.1, 0.15) is 5.25 Å². The molecule has 0 fully saturated rings. The monoisotopic (exact) mass is 148 g/mol. The highest BCUT2D eigenvalue weighted by Gasteiger charge is 2.12. The van der Waals surface area contributed by atoms with E-state index in [-0.39, 0.29) is 5.25 Å². The number of rotatable bonds is 4. The Morgan fingerprint density at radius 3 is 2.33 bits per heavy atom. The Morgan fingerprint density at radius 1 is 1.67 bits per heavy atom. The Bertz CT molecular complexity index is 93.1. The smallest absolute Gasteiger partial charge is 0.316 e. The minimum atomic E-state index is -0.690. The lowest BCUT2D eigenvalue weighted by Gasteiger charge is -2.05. The van der Waals surface area contributed by atoms with E-state index in [2.05, 4.69) is 0 Å². The van der Waals surface area contributed by atoms with Crippen molar-refractivity contribution in [1.82, 2.24) is 0 Å². The molecule has 0 aromatic heterocycles. The van der Waals surface area contributed by atoms with Crippen molar-refractivity contribution in [3.63, 3.8) is 0 Å². The van der Waals surface area contributed by atoms with Gasteiger partial charge in [-0.1, -0.05) is 13.8 Å². The lowest BCUT2D eigenvalue weighted by molar-refractivity contribution is -0.136. The van der Waals surface area contributed by atoms with Gasteiger partial charge in [-0.05, 0) is 12.2 Å². The summed E-state index contributed by atoms with van der Waals surface area (Å²) in [5.74, 6) is 0.189. The van der Waals surface area contributed by atoms with Crippen LogP contribution in [-0.4, -0.2) is 22.1 Å². The molecule has 0 aromatic rings. The molecule has 3 heteroatoms. The summed E-state index contributed by atoms with van der Waals surface area (Å²) < 4.78 is 0. The molecule has 0 rings (SSSR count). The average Bonchev–Trinajstić information content (AvgIpc) is 1.82. The summed E-state index contributed by atoms with van der Waals surface area (Å²) in [6, 6.07) is 0. The highest BCUT2D eigenvalue weighted by atomic mass is 32.2. The SMILES string of the molecule is CCSC(CC)C(=O)O. The lowest BCUT2D eigenvalue weighted by atomic mass is 10.3. The first kappa shape index (κ1) is 8.82. The van der Waals surface area contributed by atoms with Crippen molar-refractivity contribution in [1.29, 1.82) is 0 Å². The zero-order chi connectivity index (χ0) is 7.28. The van der Waals surface area contributed by atoms with Crippen LogP contribution in [0.3, 0.4) is 0 Å². The van der Waals surface area contributed by atoms with Crippen LogP contribution in [-0.2, 0) is 4.79 Å². The number of carboxylic acid groups (broad SMARTS) is 1. The van der Waals surface area contributed by atoms with E-state index in [1.807, 2.05) is 13.8 Å². The van der Waals surface area contributed by atoms with Gasteiger partial charge in [-0.25, -0.2) is 0 Å². The number of thioether (sulfide) groups is 1. The zero-order valence-corrected chi connectivity index (χ0v) is 6.57. The van der Waals surface area contributed by atoms with Gasteiger partial charge in [-0.3, -0.25) is 4.79 Å². The van der Waals surface area contributed by atoms with Gasteiger partial charge in [0.25, 0.3) is 0 Å². The second kappa shape index (κ2) is 4.68. The molecule has 1 unspecified atom stereocenters. The Balaban J connectivity index is 3.54. The summed E-state index contributed by atoms with van der Waals surface area (Å²) in [4.78, 5) is 10.3. The molecular weight excluding hydrogens is 136 g/mol. The minimum absolute atomic E-state index is 0.199. The van der Waals surface area contributed by atoms with E-state index >= 15 is 0 Å². The summed E-state index contributed by atoms with van der Waals surface area (Å²) in [7, 11) is 0. The molecule has 0 saturated heterocycles. The zero-order valence-electron chi connectivity index (χ0n) is 5.76. The molecule has 2 nitrogen and oxygen atoms in total. The van der Waals surface area contributed by atoms with Crippen molar-refractivity contribution >= 4 is 17.7 Å². The molecule has 1 atom stereocenters. The summed E-state index contributed by atoms with van der Waals surface area (Å²) in [6.45, 7) is 3.86. The van der Waals surface area contributed by atoms with Gasteiger partial charge in [-0.15, -0.1) is 11.8 Å². The van der Waals surface area contributed by atoms with Crippen LogP contribution >= 0.6 is 11.8 Å². The largest absolute Gasteiger partial charge is 0.480 e. The molecule has 0 amide bonds. The van der Waals surface area contributed by atoms with E-state index in [1.165, 1.54) is 11.8 Å². The number of hydrogen-bond acceptors (Lipinski definition) is 2. The maximum atomic E-state index is 10.3. The van der Waals surface area contributed by atoms with E-state index < -0.39 is 5.97 Å². The molecular formula is C6H12O2S. The van der Waals surface area contributed by atoms with E-state index in [1.54, 1.807) is 0 Å². The highest BCUT2D eigenvalue weighted by molar-refractivity contribution is 8.00. The van der Waals surface area contributed by atoms with E-state index in [9.17, 15) is 4.79 Å². The number of carboxylic acids is 1. The van der Waals surface area contributed by atoms with E-state index in [0.29, 0.717) is 6.42 Å². The second-order valence-electron chi connectivity index (χ2n) is 1.69. The molecule has 0 radical (unpaired) electrons. The first-order valence-electron chi connectivity index (χ1n) is 3.06. The predicted octanol–water partition coefficient (Wildman–Crippen LogP) is 1.60. The third-order valence-electron chi connectivity index (χ3n) is 1.01. The molecule has 54 valence electrons. The maximum Gasteiger partial charge on any atom is 0.316 e. The summed E-state index contributed by atoms with van der Waals surface area (Å²) >= 11 is 1.48. The third kappa shape index (κ3) is 3.40. The van der Waals surface area contributed by atoms with Gasteiger partial charge in [0, 0.05) is 0 Å². The fourth-order valence-electron chi connectivity index (χ4n) is 0.565. The number of hydrogen-bond donors (Lipinski definition) is 1. The van der Waals surface area contributed by atoms with Crippen LogP contribution in [0.25, 0.3) is 0 Å². The van der Waals surface area contributed by atoms with Gasteiger partial charge in [0.2, 0.25) is 0 Å². The van der Waals surface area contributed by atoms with Crippen LogP contribution in [0.15, 0.2) is 0 Å². The van der Waals surface area contributed by atoms with Gasteiger partial charge in [0.05, 0.1) is 0 Å². The fourth-order valence-corrected chi connectivity index (χ4v) is 1.35. The van der Waals surface area contributed by atoms with Gasteiger partial charge >= 0.3 is 5.97 Å². The third-order valence-corrected chi connectivity index (χ3v) is 2.28. The molecule has 0 bridgehead atoms. The van der Waals surface area contributed by atoms with Crippen LogP contribution in [0.5, 0.6) is 0 Å². The average molecular weight is 148 g/mol. The van der Waals surface area contributed by atoms with Crippen LogP contribution < -0.4 is 0 Å². The summed E-state index contributed by atoms with van der Waals surface area (Å²) in [5, 5.41) is 8.28. The Kier molecular flexibility index (Phi) is 4.58. The van der Waals surface area contributed by atoms with Crippen LogP contribution in [0.4, 0.5) is 0 Å². The van der Waals surface area contributed by atoms with E-state index in [4.69, 9.17) is 5.11 Å². The number of carbonyl (C=O) groups is 1. The van der Waals surface area contributed by atoms with Crippen molar-refractivity contribution in [2.45, 2.75) is 25.5 Å². The van der Waals surface area contributed by atoms with Gasteiger partial charge < -0.3 is 5.11 Å². The van der Waals surface area contributed by atoms with Crippen LogP contribution in [0.1, 0.15) is 20.3 Å². The molecule has 0 aliphatic carbocycles. The Morgan fingerprint density at radius 2 is 2.22 bits per heavy atom. The quantitative estimate of drug-likeness (QED) is 0.658. The predicted molar refractivity (Wildman–Crippen MR) is 39.8 cm³/mol. The van der Waals surface area contributed by atoms with Crippen LogP contribution in [0.2, 0.25) is 0 Å². The van der Waals surface area contributed by atoms with Gasteiger partial charge in [0.15, 0.2) is 0 Å². The molecule has 0 aliphatic rings. The molecule has 0 spiro atoms. The molecule has 0 aliphatic heterocycles. The van der Waals surface area contributed by atoms with Crippen molar-refractivity contribution in [3.8, 4) is 0 Å². The Labute approximate surface area is 59.6 Å². The molecule has 1 N–H and O–H groups in total. The molecule has 9 heavy (non-hydrogen) atoms. The minimum Gasteiger partial charge on any atom is -0.480 e. The first-order chi connectivity index (χ1) is 4.22. The standard InChI is InChI=1S/C6H12O2S/c1-3-5(6(7)8)9-4-2/h5H,3-4H2,1-2H3,(H,7,8). The molecule has 0 heterocycles. The molecule has 0 aromatic carbocycles. The topological polar surface area (TPSA) is 37.3 Å². The highest BCUT2D eigenvalue weighted by Crippen LogP contribution is 2.13. The van der Waals surface area contributed by atoms with Crippen molar-refractivity contribution in [2.75, 3.05) is 5.75 Å². The first-order valence-corrected chi connectivity index (χ1v) is 4.11.